The van der Waals surface area contributed by atoms with Crippen molar-refractivity contribution >= 4 is 34.6 Å². The van der Waals surface area contributed by atoms with Gasteiger partial charge >= 0.3 is 16.6 Å². The third kappa shape index (κ3) is 7.47. The molecule has 8 N–H and O–H groups in total. The Kier molecular flexibility index (Phi) is 11.9. The van der Waals surface area contributed by atoms with E-state index in [4.69, 9.17) is 3.58 Å². The van der Waals surface area contributed by atoms with Gasteiger partial charge in [0.2, 0.25) is 7.37 Å². The van der Waals surface area contributed by atoms with Crippen molar-refractivity contribution in [3.05, 3.63) is 60.7 Å². The van der Waals surface area contributed by atoms with Crippen molar-refractivity contribution < 1.29 is 8.14 Å². The van der Waals surface area contributed by atoms with Crippen LogP contribution >= 0.6 is 7.37 Å². The third-order valence-electron chi connectivity index (χ3n) is 16.2. The zero-order valence-corrected chi connectivity index (χ0v) is 36.5. The Balaban J connectivity index is 0.000000202. The Hall–Kier alpha value is -1.16. The number of benzene rings is 2. The maximum Gasteiger partial charge on any atom is 0.420 e. The summed E-state index contributed by atoms with van der Waals surface area (Å²) < 4.78 is 18.2. The Morgan fingerprint density at radius 3 is 0.750 bits per heavy atom. The van der Waals surface area contributed by atoms with E-state index in [0.717, 1.165) is 58.0 Å². The molecular formula is C44H68AlN8O2P. The van der Waals surface area contributed by atoms with Crippen LogP contribution in [-0.2, 0) is 8.14 Å². The van der Waals surface area contributed by atoms with Gasteiger partial charge in [-0.15, -0.1) is 0 Å². The molecule has 5 saturated heterocycles. The van der Waals surface area contributed by atoms with Crippen molar-refractivity contribution in [1.29, 1.82) is 0 Å². The molecule has 9 fully saturated rings. The average Bonchev–Trinajstić information content (AvgIpc) is 4.00. The molecule has 8 atom stereocenters. The van der Waals surface area contributed by atoms with E-state index in [0.29, 0.717) is 66.0 Å². The van der Waals surface area contributed by atoms with Crippen molar-refractivity contribution in [2.45, 2.75) is 152 Å². The van der Waals surface area contributed by atoms with Gasteiger partial charge < -0.3 is 3.58 Å². The maximum atomic E-state index is 12.8. The zero-order valence-electron chi connectivity index (χ0n) is 33.6. The summed E-state index contributed by atoms with van der Waals surface area (Å²) in [7, 11) is -2.84. The second kappa shape index (κ2) is 17.1. The summed E-state index contributed by atoms with van der Waals surface area (Å²) in [5, 5.41) is 35.3. The molecule has 2 aromatic rings. The molecule has 4 aliphatic carbocycles. The van der Waals surface area contributed by atoms with E-state index in [-0.39, 0.29) is 0 Å². The van der Waals surface area contributed by atoms with Crippen LogP contribution in [0.4, 0.5) is 0 Å². The highest BCUT2D eigenvalue weighted by molar-refractivity contribution is 7.75. The number of hydrogen-bond acceptors (Lipinski definition) is 10. The maximum absolute atomic E-state index is 12.8. The van der Waals surface area contributed by atoms with E-state index in [2.05, 4.69) is 42.5 Å². The first kappa shape index (κ1) is 39.0. The van der Waals surface area contributed by atoms with Crippen molar-refractivity contribution in [3.63, 3.8) is 0 Å². The molecule has 5 aliphatic heterocycles. The quantitative estimate of drug-likeness (QED) is 0.171. The third-order valence-corrected chi connectivity index (χ3v) is 20.3. The molecule has 12 heteroatoms. The van der Waals surface area contributed by atoms with E-state index < -0.39 is 7.37 Å². The van der Waals surface area contributed by atoms with Gasteiger partial charge in [-0.2, -0.15) is 0 Å². The van der Waals surface area contributed by atoms with E-state index in [1.807, 2.05) is 60.7 Å². The van der Waals surface area contributed by atoms with Gasteiger partial charge in [0.25, 0.3) is 0 Å². The Morgan fingerprint density at radius 1 is 0.375 bits per heavy atom. The molecule has 9 aliphatic rings. The molecule has 0 spiro atoms. The molecule has 8 bridgehead atoms. The first-order valence-corrected chi connectivity index (χ1v) is 25.4. The van der Waals surface area contributed by atoms with E-state index >= 15 is 0 Å². The van der Waals surface area contributed by atoms with Crippen LogP contribution < -0.4 is 53.1 Å². The van der Waals surface area contributed by atoms with Crippen molar-refractivity contribution in [3.8, 4) is 0 Å². The van der Waals surface area contributed by atoms with E-state index in [9.17, 15) is 4.57 Å². The standard InChI is InChI=1S/C32H56N8.C12H11O2P.Al.2H/c1-2-10-18-17(9-1)25-33-26(18)38-28-21-13-5-6-14-22(21)30(35-28)40-32-24-16-8-7-15-23(24)31(36-32)39-29-20-12-4-3-11-19(20)27(34-29)37-25;13-15(14,11-7-3-1-4-8-11)12-9-5-2-6-10-12;;;/h17-40H,1-16H2;1-10H,(H,13,14);;;/q;;+1;;/p-1. The predicted octanol–water partition coefficient (Wildman–Crippen LogP) is 4.09. The first-order valence-electron chi connectivity index (χ1n) is 22.9. The fourth-order valence-electron chi connectivity index (χ4n) is 13.6. The van der Waals surface area contributed by atoms with Crippen LogP contribution in [0.15, 0.2) is 60.7 Å². The van der Waals surface area contributed by atoms with Gasteiger partial charge in [0.15, 0.2) is 0 Å². The minimum absolute atomic E-state index is 0.420. The number of rotatable bonds is 3. The van der Waals surface area contributed by atoms with Crippen molar-refractivity contribution in [1.82, 2.24) is 42.5 Å². The van der Waals surface area contributed by atoms with E-state index in [1.54, 1.807) is 0 Å². The first-order chi connectivity index (χ1) is 27.6. The van der Waals surface area contributed by atoms with Gasteiger partial charge in [-0.1, -0.05) is 87.8 Å². The largest absolute Gasteiger partial charge is 0.456 e. The molecule has 0 radical (unpaired) electrons. The highest BCUT2D eigenvalue weighted by Gasteiger charge is 2.54. The molecule has 5 heterocycles. The van der Waals surface area contributed by atoms with Crippen LogP contribution in [0.25, 0.3) is 0 Å². The molecule has 4 saturated carbocycles. The van der Waals surface area contributed by atoms with Gasteiger partial charge in [0.1, 0.15) is 0 Å². The van der Waals surface area contributed by atoms with Gasteiger partial charge in [-0.05, 0) is 123 Å². The number of nitrogens with one attached hydrogen (secondary N) is 8. The number of fused-ring (bicyclic) bond motifs is 20. The Morgan fingerprint density at radius 2 is 0.571 bits per heavy atom. The summed E-state index contributed by atoms with van der Waals surface area (Å²) in [5.74, 6) is 5.97. The monoisotopic (exact) mass is 799 g/mol. The lowest BCUT2D eigenvalue weighted by molar-refractivity contribution is 0.167. The molecule has 8 unspecified atom stereocenters. The van der Waals surface area contributed by atoms with Crippen LogP contribution in [-0.4, -0.2) is 66.0 Å². The Labute approximate surface area is 344 Å². The molecule has 10 nitrogen and oxygen atoms in total. The molecule has 11 rings (SSSR count). The summed E-state index contributed by atoms with van der Waals surface area (Å²) in [6.07, 6.45) is 25.6. The molecule has 304 valence electrons. The summed E-state index contributed by atoms with van der Waals surface area (Å²) in [6.45, 7) is 0. The zero-order chi connectivity index (χ0) is 37.6. The van der Waals surface area contributed by atoms with Crippen molar-refractivity contribution in [2.75, 3.05) is 0 Å². The van der Waals surface area contributed by atoms with E-state index in [1.165, 1.54) is 103 Å². The van der Waals surface area contributed by atoms with Gasteiger partial charge in [0.05, 0.1) is 49.3 Å². The fourth-order valence-corrected chi connectivity index (χ4v) is 16.7. The highest BCUT2D eigenvalue weighted by atomic mass is 31.2. The molecule has 56 heavy (non-hydrogen) atoms. The smallest absolute Gasteiger partial charge is 0.420 e. The van der Waals surface area contributed by atoms with Crippen LogP contribution in [0, 0.1) is 47.3 Å². The second-order valence-electron chi connectivity index (χ2n) is 19.0. The second-order valence-corrected chi connectivity index (χ2v) is 22.6. The van der Waals surface area contributed by atoms with Crippen LogP contribution in [0.1, 0.15) is 103 Å². The minimum atomic E-state index is -2.84. The lowest BCUT2D eigenvalue weighted by Gasteiger charge is -2.35. The lowest BCUT2D eigenvalue weighted by Crippen LogP contribution is -2.61. The van der Waals surface area contributed by atoms with Crippen molar-refractivity contribution in [2.24, 2.45) is 47.3 Å². The predicted molar refractivity (Wildman–Crippen MR) is 227 cm³/mol. The van der Waals surface area contributed by atoms with Crippen LogP contribution in [0.3, 0.4) is 0 Å². The normalized spacial score (nSPS) is 44.4. The minimum Gasteiger partial charge on any atom is -0.456 e. The fraction of sp³-hybridized carbons (Fsp3) is 0.727. The molecular weight excluding hydrogens is 730 g/mol. The molecule has 0 aromatic heterocycles. The summed E-state index contributed by atoms with van der Waals surface area (Å²) in [5.41, 5.74) is 0. The van der Waals surface area contributed by atoms with Crippen LogP contribution in [0.2, 0.25) is 0 Å². The summed E-state index contributed by atoms with van der Waals surface area (Å²) in [4.78, 5) is 0. The summed E-state index contributed by atoms with van der Waals surface area (Å²) >= 11 is 0.453. The highest BCUT2D eigenvalue weighted by Crippen LogP contribution is 2.46. The molecule has 2 aromatic carbocycles. The van der Waals surface area contributed by atoms with Gasteiger partial charge in [0, 0.05) is 10.6 Å². The summed E-state index contributed by atoms with van der Waals surface area (Å²) in [6, 6.07) is 18.8. The van der Waals surface area contributed by atoms with Gasteiger partial charge in [-0.3, -0.25) is 47.1 Å². The SMILES string of the molecule is C1CCC2C3NC(NC4NC(NC5NC(NC6NC(N3)C3CCCCC63)C3CCCCC53)C3CCCCC43)C2C1.O=P([O][AlH2])(c1ccccc1)c1ccccc1. The Bertz CT molecular complexity index is 1410. The van der Waals surface area contributed by atoms with Gasteiger partial charge in [-0.25, -0.2) is 0 Å². The average molecular weight is 799 g/mol. The van der Waals surface area contributed by atoms with Crippen LogP contribution in [0.5, 0.6) is 0 Å². The number of hydrogen-bond donors (Lipinski definition) is 8. The topological polar surface area (TPSA) is 123 Å². The molecule has 0 amide bonds. The lowest BCUT2D eigenvalue weighted by atomic mass is 9.76.